The van der Waals surface area contributed by atoms with Gasteiger partial charge in [-0.2, -0.15) is 0 Å². The number of hydrogen-bond acceptors (Lipinski definition) is 7. The summed E-state index contributed by atoms with van der Waals surface area (Å²) >= 11 is 0. The molecule has 186 valence electrons. The Kier molecular flexibility index (Phi) is 7.14. The third kappa shape index (κ3) is 5.18. The monoisotopic (exact) mass is 499 g/mol. The predicted octanol–water partition coefficient (Wildman–Crippen LogP) is 4.49. The molecule has 0 spiro atoms. The maximum atomic E-state index is 15.1. The Morgan fingerprint density at radius 3 is 2.57 bits per heavy atom. The summed E-state index contributed by atoms with van der Waals surface area (Å²) in [6.45, 7) is 9.05. The number of sulfone groups is 1. The summed E-state index contributed by atoms with van der Waals surface area (Å²) in [5.41, 5.74) is 1.75. The Morgan fingerprint density at radius 2 is 1.89 bits per heavy atom. The van der Waals surface area contributed by atoms with Crippen LogP contribution in [0.4, 0.5) is 4.39 Å². The van der Waals surface area contributed by atoms with Gasteiger partial charge in [0.2, 0.25) is 0 Å². The molecule has 0 amide bonds. The van der Waals surface area contributed by atoms with Crippen LogP contribution >= 0.6 is 0 Å². The summed E-state index contributed by atoms with van der Waals surface area (Å²) in [5, 5.41) is 7.51. The number of benzene rings is 1. The zero-order valence-electron chi connectivity index (χ0n) is 20.5. The standard InChI is InChI=1S/C25H30FN5O3S/c1-15(2)34-23(24-27-12-16(3)13-28-24)18(5)35(32,33)14-21-29-30-25-17(4)8-6-9-19-10-7-11-20(26)22(19)31(21)25/h6-7,9-13,15,17-18,23H,8,14H2,1-5H3/b9-6-/t17-,18+,23-/m1/s1. The van der Waals surface area contributed by atoms with E-state index in [1.165, 1.54) is 6.07 Å². The molecule has 0 N–H and O–H groups in total. The molecular weight excluding hydrogens is 469 g/mol. The quantitative estimate of drug-likeness (QED) is 0.472. The van der Waals surface area contributed by atoms with Crippen molar-refractivity contribution in [3.63, 3.8) is 0 Å². The molecule has 3 atom stereocenters. The molecule has 0 aliphatic carbocycles. The van der Waals surface area contributed by atoms with Crippen LogP contribution in [-0.4, -0.2) is 44.5 Å². The Balaban J connectivity index is 1.75. The van der Waals surface area contributed by atoms with E-state index < -0.39 is 32.8 Å². The summed E-state index contributed by atoms with van der Waals surface area (Å²) in [6.07, 6.45) is 6.63. The first kappa shape index (κ1) is 25.1. The van der Waals surface area contributed by atoms with Crippen molar-refractivity contribution in [3.8, 4) is 5.69 Å². The minimum Gasteiger partial charge on any atom is -0.366 e. The van der Waals surface area contributed by atoms with Gasteiger partial charge in [0, 0.05) is 23.9 Å². The molecule has 1 aromatic carbocycles. The van der Waals surface area contributed by atoms with Gasteiger partial charge in [-0.25, -0.2) is 22.8 Å². The maximum Gasteiger partial charge on any atom is 0.163 e. The van der Waals surface area contributed by atoms with Crippen LogP contribution < -0.4 is 0 Å². The first-order valence-electron chi connectivity index (χ1n) is 11.6. The minimum atomic E-state index is -3.84. The number of fused-ring (bicyclic) bond motifs is 3. The van der Waals surface area contributed by atoms with Gasteiger partial charge in [0.25, 0.3) is 0 Å². The molecule has 0 bridgehead atoms. The van der Waals surface area contributed by atoms with E-state index >= 15 is 4.39 Å². The second kappa shape index (κ2) is 9.94. The van der Waals surface area contributed by atoms with Gasteiger partial charge in [0.15, 0.2) is 21.5 Å². The summed E-state index contributed by atoms with van der Waals surface area (Å²) < 4.78 is 49.9. The number of hydrogen-bond donors (Lipinski definition) is 0. The van der Waals surface area contributed by atoms with E-state index in [9.17, 15) is 8.42 Å². The Bertz CT molecular complexity index is 1340. The van der Waals surface area contributed by atoms with Crippen LogP contribution in [0.2, 0.25) is 0 Å². The third-order valence-electron chi connectivity index (χ3n) is 6.02. The molecule has 0 radical (unpaired) electrons. The van der Waals surface area contributed by atoms with E-state index in [4.69, 9.17) is 4.74 Å². The van der Waals surface area contributed by atoms with Crippen LogP contribution in [0, 0.1) is 12.7 Å². The highest BCUT2D eigenvalue weighted by Crippen LogP contribution is 2.32. The van der Waals surface area contributed by atoms with Gasteiger partial charge >= 0.3 is 0 Å². The van der Waals surface area contributed by atoms with Crippen molar-refractivity contribution in [3.05, 3.63) is 71.1 Å². The van der Waals surface area contributed by atoms with Crippen LogP contribution in [-0.2, 0) is 20.3 Å². The molecule has 0 saturated heterocycles. The topological polar surface area (TPSA) is 99.9 Å². The van der Waals surface area contributed by atoms with Crippen LogP contribution in [0.3, 0.4) is 0 Å². The highest BCUT2D eigenvalue weighted by atomic mass is 32.2. The van der Waals surface area contributed by atoms with Crippen LogP contribution in [0.25, 0.3) is 11.8 Å². The molecule has 10 heteroatoms. The minimum absolute atomic E-state index is 0.0710. The van der Waals surface area contributed by atoms with Gasteiger partial charge in [0.05, 0.1) is 17.0 Å². The Labute approximate surface area is 205 Å². The summed E-state index contributed by atoms with van der Waals surface area (Å²) in [5.74, 6) is 0.00670. The molecule has 8 nitrogen and oxygen atoms in total. The summed E-state index contributed by atoms with van der Waals surface area (Å²) in [6, 6.07) is 4.77. The lowest BCUT2D eigenvalue weighted by molar-refractivity contribution is 0.00141. The summed E-state index contributed by atoms with van der Waals surface area (Å²) in [7, 11) is -3.84. The Hall–Kier alpha value is -2.98. The van der Waals surface area contributed by atoms with E-state index in [0.29, 0.717) is 23.6 Å². The molecule has 2 aromatic heterocycles. The van der Waals surface area contributed by atoms with Gasteiger partial charge in [-0.3, -0.25) is 4.57 Å². The van der Waals surface area contributed by atoms with Gasteiger partial charge in [-0.15, -0.1) is 10.2 Å². The molecule has 3 heterocycles. The molecule has 0 unspecified atom stereocenters. The van der Waals surface area contributed by atoms with Gasteiger partial charge in [-0.1, -0.05) is 31.2 Å². The fourth-order valence-corrected chi connectivity index (χ4v) is 5.49. The van der Waals surface area contributed by atoms with Crippen molar-refractivity contribution in [2.24, 2.45) is 0 Å². The molecule has 0 saturated carbocycles. The van der Waals surface area contributed by atoms with Crippen LogP contribution in [0.15, 0.2) is 36.7 Å². The third-order valence-corrected chi connectivity index (χ3v) is 8.06. The molecule has 1 aliphatic heterocycles. The van der Waals surface area contributed by atoms with Crippen molar-refractivity contribution in [2.45, 2.75) is 70.2 Å². The lowest BCUT2D eigenvalue weighted by atomic mass is 10.0. The van der Waals surface area contributed by atoms with Crippen molar-refractivity contribution >= 4 is 15.9 Å². The number of ether oxygens (including phenoxy) is 1. The maximum absolute atomic E-state index is 15.1. The van der Waals surface area contributed by atoms with Crippen LogP contribution in [0.1, 0.15) is 74.7 Å². The Morgan fingerprint density at radius 1 is 1.17 bits per heavy atom. The van der Waals surface area contributed by atoms with Crippen molar-refractivity contribution in [2.75, 3.05) is 0 Å². The average molecular weight is 500 g/mol. The number of aromatic nitrogens is 5. The van der Waals surface area contributed by atoms with Crippen molar-refractivity contribution < 1.29 is 17.5 Å². The smallest absolute Gasteiger partial charge is 0.163 e. The largest absolute Gasteiger partial charge is 0.366 e. The molecular formula is C25H30FN5O3S. The molecule has 35 heavy (non-hydrogen) atoms. The normalized spacial score (nSPS) is 18.3. The number of allylic oxidation sites excluding steroid dienone is 1. The van der Waals surface area contributed by atoms with Crippen molar-refractivity contribution in [1.29, 1.82) is 0 Å². The fourth-order valence-electron chi connectivity index (χ4n) is 4.12. The van der Waals surface area contributed by atoms with Crippen LogP contribution in [0.5, 0.6) is 0 Å². The van der Waals surface area contributed by atoms with Gasteiger partial charge in [-0.05, 0) is 45.7 Å². The van der Waals surface area contributed by atoms with E-state index in [0.717, 1.165) is 5.56 Å². The number of rotatable bonds is 7. The molecule has 4 rings (SSSR count). The first-order chi connectivity index (χ1) is 16.6. The van der Waals surface area contributed by atoms with Gasteiger partial charge in [0.1, 0.15) is 23.5 Å². The van der Waals surface area contributed by atoms with E-state index in [1.807, 2.05) is 39.8 Å². The second-order valence-corrected chi connectivity index (χ2v) is 11.6. The number of aryl methyl sites for hydroxylation is 1. The average Bonchev–Trinajstić information content (AvgIpc) is 3.18. The number of halogens is 1. The van der Waals surface area contributed by atoms with E-state index in [2.05, 4.69) is 20.2 Å². The fraction of sp³-hybridized carbons (Fsp3) is 0.440. The lowest BCUT2D eigenvalue weighted by Gasteiger charge is -2.25. The van der Waals surface area contributed by atoms with Gasteiger partial charge < -0.3 is 4.74 Å². The molecule has 0 fully saturated rings. The molecule has 1 aliphatic rings. The SMILES string of the molecule is Cc1cnc([C@H](OC(C)C)[C@H](C)S(=O)(=O)Cc2nnc3n2-c2c(F)cccc2/C=C\C[C@H]3C)nc1. The number of nitrogens with zero attached hydrogens (tertiary/aromatic N) is 5. The highest BCUT2D eigenvalue weighted by Gasteiger charge is 2.36. The zero-order chi connectivity index (χ0) is 25.3. The predicted molar refractivity (Wildman–Crippen MR) is 131 cm³/mol. The second-order valence-electron chi connectivity index (χ2n) is 9.26. The van der Waals surface area contributed by atoms with E-state index in [1.54, 1.807) is 36.0 Å². The van der Waals surface area contributed by atoms with Crippen molar-refractivity contribution in [1.82, 2.24) is 24.7 Å². The summed E-state index contributed by atoms with van der Waals surface area (Å²) in [4.78, 5) is 8.63. The molecule has 3 aromatic rings. The lowest BCUT2D eigenvalue weighted by Crippen LogP contribution is -2.32. The van der Waals surface area contributed by atoms with E-state index in [-0.39, 0.29) is 23.5 Å². The zero-order valence-corrected chi connectivity index (χ0v) is 21.3. The number of para-hydroxylation sites is 1. The first-order valence-corrected chi connectivity index (χ1v) is 13.3. The highest BCUT2D eigenvalue weighted by molar-refractivity contribution is 7.91.